The molecule has 0 saturated heterocycles. The summed E-state index contributed by atoms with van der Waals surface area (Å²) in [5.74, 6) is -1.93. The van der Waals surface area contributed by atoms with E-state index in [1.165, 1.54) is 12.4 Å². The summed E-state index contributed by atoms with van der Waals surface area (Å²) >= 11 is 0.863. The van der Waals surface area contributed by atoms with Crippen LogP contribution in [0.5, 0.6) is 0 Å². The highest BCUT2D eigenvalue weighted by atomic mass is 32.1. The first-order chi connectivity index (χ1) is 11.1. The Kier molecular flexibility index (Phi) is 5.17. The number of nitrogens with zero attached hydrogens (tertiary/aromatic N) is 3. The normalized spacial score (nSPS) is 11.3. The van der Waals surface area contributed by atoms with E-state index in [1.54, 1.807) is 25.1 Å². The number of hydrogen-bond donors (Lipinski definition) is 1. The van der Waals surface area contributed by atoms with Gasteiger partial charge >= 0.3 is 11.9 Å². The van der Waals surface area contributed by atoms with Crippen molar-refractivity contribution in [2.75, 3.05) is 6.61 Å². The Balaban J connectivity index is 2.67. The molecule has 2 heterocycles. The van der Waals surface area contributed by atoms with Gasteiger partial charge in [0.2, 0.25) is 0 Å². The van der Waals surface area contributed by atoms with Crippen molar-refractivity contribution >= 4 is 28.8 Å². The maximum absolute atomic E-state index is 12.0. The number of esters is 1. The van der Waals surface area contributed by atoms with Crippen LogP contribution >= 0.6 is 11.3 Å². The highest BCUT2D eigenvalue weighted by Gasteiger charge is 2.24. The second-order valence-electron chi connectivity index (χ2n) is 4.11. The summed E-state index contributed by atoms with van der Waals surface area (Å²) in [6, 6.07) is 5.00. The lowest BCUT2D eigenvalue weighted by molar-refractivity contribution is -0.138. The maximum atomic E-state index is 12.0. The number of pyridine rings is 1. The third kappa shape index (κ3) is 3.59. The lowest BCUT2D eigenvalue weighted by atomic mass is 10.1. The lowest BCUT2D eigenvalue weighted by Crippen LogP contribution is -2.08. The number of carboxylic acid groups (broad SMARTS) is 1. The summed E-state index contributed by atoms with van der Waals surface area (Å²) in [6.45, 7) is 9.04. The van der Waals surface area contributed by atoms with E-state index in [9.17, 15) is 9.59 Å². The molecular formula is C15H11N3O4S. The minimum Gasteiger partial charge on any atom is -0.477 e. The van der Waals surface area contributed by atoms with Gasteiger partial charge in [-0.3, -0.25) is 9.78 Å². The number of carbonyl (C=O) groups excluding carboxylic acids is 1. The summed E-state index contributed by atoms with van der Waals surface area (Å²) in [5, 5.41) is 9.25. The van der Waals surface area contributed by atoms with Crippen LogP contribution in [-0.4, -0.2) is 33.6 Å². The number of thiazole rings is 1. The Morgan fingerprint density at radius 1 is 1.39 bits per heavy atom. The molecule has 0 radical (unpaired) electrons. The molecular weight excluding hydrogens is 318 g/mol. The predicted octanol–water partition coefficient (Wildman–Crippen LogP) is 2.48. The molecule has 0 atom stereocenters. The molecule has 2 rings (SSSR count). The van der Waals surface area contributed by atoms with Crippen molar-refractivity contribution in [3.63, 3.8) is 0 Å². The molecule has 0 spiro atoms. The third-order valence-electron chi connectivity index (χ3n) is 2.67. The SMILES string of the molecule is [C-]#[N+]/C(C(=O)OCC)=C(/c1ccccn1)c1ncc(C(=O)O)s1. The van der Waals surface area contributed by atoms with E-state index in [2.05, 4.69) is 14.8 Å². The highest BCUT2D eigenvalue weighted by molar-refractivity contribution is 7.14. The molecule has 0 amide bonds. The van der Waals surface area contributed by atoms with Gasteiger partial charge in [-0.05, 0) is 19.1 Å². The first kappa shape index (κ1) is 16.3. The number of rotatable bonds is 5. The van der Waals surface area contributed by atoms with Crippen LogP contribution in [-0.2, 0) is 9.53 Å². The van der Waals surface area contributed by atoms with Gasteiger partial charge in [-0.1, -0.05) is 6.07 Å². The molecule has 0 aliphatic carbocycles. The molecule has 23 heavy (non-hydrogen) atoms. The monoisotopic (exact) mass is 329 g/mol. The van der Waals surface area contributed by atoms with Crippen LogP contribution in [0, 0.1) is 6.57 Å². The molecule has 0 aromatic carbocycles. The van der Waals surface area contributed by atoms with Crippen LogP contribution in [0.4, 0.5) is 0 Å². The van der Waals surface area contributed by atoms with Gasteiger partial charge in [0.05, 0.1) is 25.1 Å². The third-order valence-corrected chi connectivity index (χ3v) is 3.67. The summed E-state index contributed by atoms with van der Waals surface area (Å²) in [5.41, 5.74) is 0.228. The smallest absolute Gasteiger partial charge is 0.347 e. The molecule has 7 nitrogen and oxygen atoms in total. The van der Waals surface area contributed by atoms with Gasteiger partial charge in [0, 0.05) is 11.8 Å². The fraction of sp³-hybridized carbons (Fsp3) is 0.133. The van der Waals surface area contributed by atoms with Gasteiger partial charge in [-0.15, -0.1) is 11.3 Å². The first-order valence-electron chi connectivity index (χ1n) is 6.48. The van der Waals surface area contributed by atoms with Crippen LogP contribution in [0.1, 0.15) is 27.3 Å². The fourth-order valence-electron chi connectivity index (χ4n) is 1.73. The Morgan fingerprint density at radius 2 is 2.17 bits per heavy atom. The van der Waals surface area contributed by atoms with Crippen LogP contribution in [0.2, 0.25) is 0 Å². The van der Waals surface area contributed by atoms with Crippen molar-refractivity contribution in [1.82, 2.24) is 9.97 Å². The van der Waals surface area contributed by atoms with Gasteiger partial charge in [0.25, 0.3) is 5.70 Å². The van der Waals surface area contributed by atoms with E-state index in [4.69, 9.17) is 16.4 Å². The van der Waals surface area contributed by atoms with Crippen LogP contribution in [0.25, 0.3) is 10.4 Å². The Bertz CT molecular complexity index is 806. The molecule has 0 bridgehead atoms. The lowest BCUT2D eigenvalue weighted by Gasteiger charge is -2.07. The molecule has 2 aromatic heterocycles. The zero-order chi connectivity index (χ0) is 16.8. The first-order valence-corrected chi connectivity index (χ1v) is 7.29. The second kappa shape index (κ2) is 7.29. The number of carbonyl (C=O) groups is 2. The second-order valence-corrected chi connectivity index (χ2v) is 5.14. The van der Waals surface area contributed by atoms with Crippen molar-refractivity contribution in [3.05, 3.63) is 63.3 Å². The van der Waals surface area contributed by atoms with E-state index in [0.29, 0.717) is 5.69 Å². The number of ether oxygens (including phenoxy) is 1. The van der Waals surface area contributed by atoms with E-state index in [-0.39, 0.29) is 27.8 Å². The fourth-order valence-corrected chi connectivity index (χ4v) is 2.54. The number of hydrogen-bond acceptors (Lipinski definition) is 6. The minimum atomic E-state index is -1.13. The van der Waals surface area contributed by atoms with E-state index >= 15 is 0 Å². The summed E-state index contributed by atoms with van der Waals surface area (Å²) < 4.78 is 4.90. The molecule has 116 valence electrons. The van der Waals surface area contributed by atoms with Gasteiger partial charge in [0.1, 0.15) is 9.88 Å². The average Bonchev–Trinajstić information content (AvgIpc) is 3.03. The molecule has 0 aliphatic rings. The highest BCUT2D eigenvalue weighted by Crippen LogP contribution is 2.30. The molecule has 0 saturated carbocycles. The topological polar surface area (TPSA) is 93.7 Å². The van der Waals surface area contributed by atoms with Crippen molar-refractivity contribution in [2.45, 2.75) is 6.92 Å². The van der Waals surface area contributed by atoms with E-state index < -0.39 is 11.9 Å². The van der Waals surface area contributed by atoms with E-state index in [1.807, 2.05) is 0 Å². The molecule has 0 fully saturated rings. The maximum Gasteiger partial charge on any atom is 0.347 e. The van der Waals surface area contributed by atoms with Gasteiger partial charge in [0.15, 0.2) is 0 Å². The van der Waals surface area contributed by atoms with Gasteiger partial charge < -0.3 is 9.84 Å². The van der Waals surface area contributed by atoms with Crippen LogP contribution in [0.15, 0.2) is 36.3 Å². The minimum absolute atomic E-state index is 0.00150. The Morgan fingerprint density at radius 3 is 2.70 bits per heavy atom. The van der Waals surface area contributed by atoms with Gasteiger partial charge in [-0.2, -0.15) is 0 Å². The molecule has 0 aliphatic heterocycles. The van der Waals surface area contributed by atoms with Crippen molar-refractivity contribution < 1.29 is 19.4 Å². The summed E-state index contributed by atoms with van der Waals surface area (Å²) in [4.78, 5) is 34.5. The average molecular weight is 329 g/mol. The number of aromatic carboxylic acids is 1. The van der Waals surface area contributed by atoms with Gasteiger partial charge in [-0.25, -0.2) is 14.6 Å². The molecule has 2 aromatic rings. The quantitative estimate of drug-likeness (QED) is 0.514. The van der Waals surface area contributed by atoms with E-state index in [0.717, 1.165) is 11.3 Å². The van der Waals surface area contributed by atoms with Crippen molar-refractivity contribution in [3.8, 4) is 0 Å². The van der Waals surface area contributed by atoms with Crippen molar-refractivity contribution in [1.29, 1.82) is 0 Å². The summed E-state index contributed by atoms with van der Waals surface area (Å²) in [7, 11) is 0. The number of carboxylic acids is 1. The molecule has 8 heteroatoms. The zero-order valence-electron chi connectivity index (χ0n) is 12.0. The molecule has 0 unspecified atom stereocenters. The van der Waals surface area contributed by atoms with Crippen LogP contribution in [0.3, 0.4) is 0 Å². The largest absolute Gasteiger partial charge is 0.477 e. The van der Waals surface area contributed by atoms with Crippen LogP contribution < -0.4 is 0 Å². The zero-order valence-corrected chi connectivity index (χ0v) is 12.8. The Hall–Kier alpha value is -3.05. The molecule has 1 N–H and O–H groups in total. The Labute approximate surface area is 135 Å². The predicted molar refractivity (Wildman–Crippen MR) is 82.6 cm³/mol. The standard InChI is InChI=1S/C15H11N3O4S/c1-3-22-15(21)12(16-2)11(9-6-4-5-7-17-9)13-18-8-10(23-13)14(19)20/h4-8H,3H2,1H3,(H,19,20)/b12-11-. The van der Waals surface area contributed by atoms with Crippen molar-refractivity contribution in [2.24, 2.45) is 0 Å². The summed E-state index contributed by atoms with van der Waals surface area (Å²) in [6.07, 6.45) is 2.69. The number of aromatic nitrogens is 2.